The Morgan fingerprint density at radius 1 is 1.45 bits per heavy atom. The molecule has 0 saturated carbocycles. The van der Waals surface area contributed by atoms with Crippen LogP contribution >= 0.6 is 0 Å². The maximum Gasteiger partial charge on any atom is 0.362 e. The van der Waals surface area contributed by atoms with Crippen LogP contribution in [0.2, 0.25) is 0 Å². The molecule has 0 amide bonds. The van der Waals surface area contributed by atoms with Gasteiger partial charge in [0.05, 0.1) is 0 Å². The van der Waals surface area contributed by atoms with Gasteiger partial charge in [-0.25, -0.2) is 19.4 Å². The fraction of sp³-hybridized carbons (Fsp3) is 0. The van der Waals surface area contributed by atoms with E-state index in [4.69, 9.17) is 15.0 Å². The van der Waals surface area contributed by atoms with E-state index in [1.165, 1.54) is 6.07 Å². The van der Waals surface area contributed by atoms with E-state index < -0.39 is 27.5 Å². The molecular formula is C11H7FN4O5S. The highest BCUT2D eigenvalue weighted by molar-refractivity contribution is 7.93. The number of aromatic carboxylic acids is 1. The van der Waals surface area contributed by atoms with Crippen molar-refractivity contribution in [1.29, 1.82) is 0 Å². The first kappa shape index (κ1) is 15.4. The minimum absolute atomic E-state index is 0.0417. The molecule has 0 radical (unpaired) electrons. The highest BCUT2D eigenvalue weighted by atomic mass is 32.2. The van der Waals surface area contributed by atoms with E-state index in [1.54, 1.807) is 5.25 Å². The van der Waals surface area contributed by atoms with Crippen LogP contribution in [0.15, 0.2) is 18.2 Å². The predicted molar refractivity (Wildman–Crippen MR) is 69.8 cm³/mol. The number of primary sulfonamides is 1. The van der Waals surface area contributed by atoms with E-state index in [0.29, 0.717) is 0 Å². The standard InChI is InChI=1S/C11H7FN4O5S/c12-7-5-6(3-4-22(13,19)20)1-2-8(7)21-10-9(11(17)18)14-16-15-10/h1-2,5H,(H,17,18)(H2,13,19,20)(H,14,15,16). The number of benzene rings is 1. The number of sulfonamides is 1. The molecule has 0 unspecified atom stereocenters. The van der Waals surface area contributed by atoms with Gasteiger partial charge >= 0.3 is 5.97 Å². The summed E-state index contributed by atoms with van der Waals surface area (Å²) < 4.78 is 40.2. The van der Waals surface area contributed by atoms with E-state index in [1.807, 2.05) is 0 Å². The van der Waals surface area contributed by atoms with Crippen LogP contribution in [0.5, 0.6) is 11.6 Å². The van der Waals surface area contributed by atoms with Crippen LogP contribution in [0.25, 0.3) is 0 Å². The average molecular weight is 326 g/mol. The lowest BCUT2D eigenvalue weighted by molar-refractivity contribution is 0.0687. The number of aromatic nitrogens is 3. The molecule has 0 aliphatic rings. The second-order valence-electron chi connectivity index (χ2n) is 3.81. The molecule has 22 heavy (non-hydrogen) atoms. The molecule has 1 aromatic carbocycles. The Kier molecular flexibility index (Phi) is 4.06. The maximum absolute atomic E-state index is 13.8. The SMILES string of the molecule is NS(=O)(=O)C#Cc1ccc(Oc2[nH]nnc2C(=O)O)c(F)c1. The molecule has 0 atom stereocenters. The van der Waals surface area contributed by atoms with Crippen LogP contribution in [0.3, 0.4) is 0 Å². The van der Waals surface area contributed by atoms with E-state index in [9.17, 15) is 17.6 Å². The van der Waals surface area contributed by atoms with Crippen molar-refractivity contribution in [2.24, 2.45) is 5.14 Å². The summed E-state index contributed by atoms with van der Waals surface area (Å²) in [5.74, 6) is -0.820. The third-order valence-corrected chi connectivity index (χ3v) is 2.59. The van der Waals surface area contributed by atoms with Gasteiger partial charge in [0.15, 0.2) is 11.6 Å². The molecule has 0 fully saturated rings. The highest BCUT2D eigenvalue weighted by Gasteiger charge is 2.18. The smallest absolute Gasteiger partial charge is 0.362 e. The molecule has 114 valence electrons. The van der Waals surface area contributed by atoms with Gasteiger partial charge in [-0.05, 0) is 24.1 Å². The number of carbonyl (C=O) groups is 1. The summed E-state index contributed by atoms with van der Waals surface area (Å²) in [5.41, 5.74) is -0.474. The Balaban J connectivity index is 2.28. The summed E-state index contributed by atoms with van der Waals surface area (Å²) in [5, 5.41) is 23.9. The van der Waals surface area contributed by atoms with Crippen LogP contribution in [-0.4, -0.2) is 34.9 Å². The van der Waals surface area contributed by atoms with E-state index in [0.717, 1.165) is 12.1 Å². The van der Waals surface area contributed by atoms with Gasteiger partial charge in [0.1, 0.15) is 0 Å². The third kappa shape index (κ3) is 3.78. The Bertz CT molecular complexity index is 897. The first-order chi connectivity index (χ1) is 10.3. The number of carboxylic acid groups (broad SMARTS) is 1. The number of nitrogens with zero attached hydrogens (tertiary/aromatic N) is 2. The van der Waals surface area contributed by atoms with Crippen LogP contribution in [0.1, 0.15) is 16.1 Å². The molecule has 9 nitrogen and oxygen atoms in total. The van der Waals surface area contributed by atoms with Crippen molar-refractivity contribution in [1.82, 2.24) is 15.4 Å². The van der Waals surface area contributed by atoms with Gasteiger partial charge in [0, 0.05) is 10.8 Å². The number of H-pyrrole nitrogens is 1. The topological polar surface area (TPSA) is 148 Å². The maximum atomic E-state index is 13.8. The fourth-order valence-corrected chi connectivity index (χ4v) is 1.59. The number of halogens is 1. The van der Waals surface area contributed by atoms with Crippen molar-refractivity contribution >= 4 is 16.0 Å². The van der Waals surface area contributed by atoms with Gasteiger partial charge in [-0.3, -0.25) is 0 Å². The average Bonchev–Trinajstić information content (AvgIpc) is 2.86. The van der Waals surface area contributed by atoms with Gasteiger partial charge < -0.3 is 9.84 Å². The first-order valence-corrected chi connectivity index (χ1v) is 6.98. The largest absolute Gasteiger partial charge is 0.476 e. The van der Waals surface area contributed by atoms with Crippen molar-refractivity contribution in [3.8, 4) is 22.8 Å². The highest BCUT2D eigenvalue weighted by Crippen LogP contribution is 2.25. The Labute approximate surface area is 123 Å². The fourth-order valence-electron chi connectivity index (χ4n) is 1.33. The molecule has 11 heteroatoms. The number of nitrogens with one attached hydrogen (secondary N) is 1. The van der Waals surface area contributed by atoms with Crippen molar-refractivity contribution in [3.05, 3.63) is 35.3 Å². The predicted octanol–water partition coefficient (Wildman–Crippen LogP) is 0.0318. The lowest BCUT2D eigenvalue weighted by Gasteiger charge is -2.04. The van der Waals surface area contributed by atoms with E-state index in [2.05, 4.69) is 21.3 Å². The van der Waals surface area contributed by atoms with E-state index >= 15 is 0 Å². The number of carboxylic acids is 1. The minimum atomic E-state index is -4.00. The number of ether oxygens (including phenoxy) is 1. The monoisotopic (exact) mass is 326 g/mol. The Morgan fingerprint density at radius 2 is 2.18 bits per heavy atom. The Hall–Kier alpha value is -2.97. The molecule has 0 bridgehead atoms. The van der Waals surface area contributed by atoms with Crippen molar-refractivity contribution in [3.63, 3.8) is 0 Å². The number of hydrogen-bond donors (Lipinski definition) is 3. The number of rotatable bonds is 3. The minimum Gasteiger partial charge on any atom is -0.476 e. The zero-order valence-corrected chi connectivity index (χ0v) is 11.4. The van der Waals surface area contributed by atoms with Gasteiger partial charge in [0.2, 0.25) is 5.69 Å². The van der Waals surface area contributed by atoms with Crippen molar-refractivity contribution < 1.29 is 27.4 Å². The first-order valence-electron chi connectivity index (χ1n) is 5.43. The second kappa shape index (κ2) is 5.80. The lowest BCUT2D eigenvalue weighted by Crippen LogP contribution is -2.07. The molecule has 4 N–H and O–H groups in total. The summed E-state index contributed by atoms with van der Waals surface area (Å²) in [7, 11) is -4.00. The summed E-state index contributed by atoms with van der Waals surface area (Å²) in [6, 6.07) is 3.30. The summed E-state index contributed by atoms with van der Waals surface area (Å²) >= 11 is 0. The molecule has 0 aliphatic heterocycles. The van der Waals surface area contributed by atoms with Gasteiger partial charge in [0.25, 0.3) is 15.9 Å². The quantitative estimate of drug-likeness (QED) is 0.674. The van der Waals surface area contributed by atoms with Crippen LogP contribution < -0.4 is 9.88 Å². The zero-order chi connectivity index (χ0) is 16.3. The summed E-state index contributed by atoms with van der Waals surface area (Å²) in [4.78, 5) is 10.8. The summed E-state index contributed by atoms with van der Waals surface area (Å²) in [6.45, 7) is 0. The zero-order valence-electron chi connectivity index (χ0n) is 10.6. The van der Waals surface area contributed by atoms with Crippen molar-refractivity contribution in [2.45, 2.75) is 0 Å². The molecule has 0 spiro atoms. The van der Waals surface area contributed by atoms with Crippen LogP contribution in [0.4, 0.5) is 4.39 Å². The number of nitrogens with two attached hydrogens (primary N) is 1. The van der Waals surface area contributed by atoms with Gasteiger partial charge in [-0.15, -0.1) is 5.10 Å². The third-order valence-electron chi connectivity index (χ3n) is 2.20. The molecule has 1 heterocycles. The molecule has 0 saturated heterocycles. The lowest BCUT2D eigenvalue weighted by atomic mass is 10.2. The molecule has 2 aromatic rings. The molecular weight excluding hydrogens is 319 g/mol. The second-order valence-corrected chi connectivity index (χ2v) is 5.11. The Morgan fingerprint density at radius 3 is 2.77 bits per heavy atom. The summed E-state index contributed by atoms with van der Waals surface area (Å²) in [6.07, 6.45) is 0. The van der Waals surface area contributed by atoms with E-state index in [-0.39, 0.29) is 17.2 Å². The molecule has 1 aromatic heterocycles. The molecule has 2 rings (SSSR count). The molecule has 0 aliphatic carbocycles. The van der Waals surface area contributed by atoms with Gasteiger partial charge in [-0.2, -0.15) is 8.42 Å². The van der Waals surface area contributed by atoms with Gasteiger partial charge in [-0.1, -0.05) is 5.21 Å². The van der Waals surface area contributed by atoms with Crippen molar-refractivity contribution in [2.75, 3.05) is 0 Å². The number of aromatic amines is 1. The van der Waals surface area contributed by atoms with Crippen LogP contribution in [0, 0.1) is 17.0 Å². The van der Waals surface area contributed by atoms with Crippen LogP contribution in [-0.2, 0) is 10.0 Å². The number of hydrogen-bond acceptors (Lipinski definition) is 6. The normalized spacial score (nSPS) is 10.6.